The van der Waals surface area contributed by atoms with Crippen LogP contribution in [0.25, 0.3) is 0 Å². The second-order valence-electron chi connectivity index (χ2n) is 2.99. The van der Waals surface area contributed by atoms with E-state index in [9.17, 15) is 14.0 Å². The molecule has 0 aliphatic rings. The molecule has 0 aromatic heterocycles. The second kappa shape index (κ2) is 5.75. The van der Waals surface area contributed by atoms with Crippen molar-refractivity contribution >= 4 is 27.7 Å². The van der Waals surface area contributed by atoms with Crippen LogP contribution >= 0.6 is 15.9 Å². The molecular weight excluding hydrogens is 279 g/mol. The van der Waals surface area contributed by atoms with Crippen LogP contribution in [-0.4, -0.2) is 23.2 Å². The van der Waals surface area contributed by atoms with Crippen molar-refractivity contribution in [3.8, 4) is 0 Å². The van der Waals surface area contributed by atoms with Gasteiger partial charge in [0.05, 0.1) is 6.61 Å². The zero-order valence-corrected chi connectivity index (χ0v) is 10.2. The van der Waals surface area contributed by atoms with E-state index in [1.54, 1.807) is 6.92 Å². The minimum atomic E-state index is -1.09. The maximum absolute atomic E-state index is 12.9. The molecule has 0 fully saturated rings. The van der Waals surface area contributed by atoms with E-state index >= 15 is 0 Å². The molecule has 86 valence electrons. The van der Waals surface area contributed by atoms with E-state index in [-0.39, 0.29) is 12.2 Å². The van der Waals surface area contributed by atoms with Crippen LogP contribution in [0.4, 0.5) is 4.39 Å². The van der Waals surface area contributed by atoms with Crippen LogP contribution in [0.3, 0.4) is 0 Å². The molecule has 0 spiro atoms. The van der Waals surface area contributed by atoms with Crippen LogP contribution in [0, 0.1) is 5.82 Å². The summed E-state index contributed by atoms with van der Waals surface area (Å²) in [7, 11) is 0. The highest BCUT2D eigenvalue weighted by molar-refractivity contribution is 9.10. The Morgan fingerprint density at radius 3 is 2.75 bits per heavy atom. The number of alkyl halides is 1. The summed E-state index contributed by atoms with van der Waals surface area (Å²) in [5, 5.41) is 0. The summed E-state index contributed by atoms with van der Waals surface area (Å²) in [5.74, 6) is -1.70. The average Bonchev–Trinajstić information content (AvgIpc) is 2.27. The molecule has 1 rings (SSSR count). The van der Waals surface area contributed by atoms with Gasteiger partial charge >= 0.3 is 5.97 Å². The van der Waals surface area contributed by atoms with Gasteiger partial charge in [0.1, 0.15) is 5.82 Å². The van der Waals surface area contributed by atoms with E-state index in [4.69, 9.17) is 0 Å². The van der Waals surface area contributed by atoms with Crippen molar-refractivity contribution in [1.29, 1.82) is 0 Å². The van der Waals surface area contributed by atoms with Gasteiger partial charge in [0.25, 0.3) is 0 Å². The fraction of sp³-hybridized carbons (Fsp3) is 0.273. The normalized spacial score (nSPS) is 11.9. The first-order valence-corrected chi connectivity index (χ1v) is 5.58. The second-order valence-corrected chi connectivity index (χ2v) is 3.90. The van der Waals surface area contributed by atoms with E-state index in [1.165, 1.54) is 18.2 Å². The molecule has 0 saturated carbocycles. The number of hydrogen-bond donors (Lipinski definition) is 0. The van der Waals surface area contributed by atoms with Crippen LogP contribution in [0.5, 0.6) is 0 Å². The molecule has 0 radical (unpaired) electrons. The van der Waals surface area contributed by atoms with Crippen LogP contribution in [-0.2, 0) is 9.53 Å². The van der Waals surface area contributed by atoms with Crippen molar-refractivity contribution in [3.63, 3.8) is 0 Å². The zero-order chi connectivity index (χ0) is 12.1. The molecule has 0 N–H and O–H groups in total. The Balaban J connectivity index is 2.82. The first-order valence-electron chi connectivity index (χ1n) is 4.66. The lowest BCUT2D eigenvalue weighted by molar-refractivity contribution is -0.141. The molecule has 1 aromatic rings. The minimum absolute atomic E-state index is 0.134. The molecule has 16 heavy (non-hydrogen) atoms. The quantitative estimate of drug-likeness (QED) is 0.370. The Labute approximate surface area is 101 Å². The topological polar surface area (TPSA) is 43.4 Å². The number of hydrogen-bond acceptors (Lipinski definition) is 3. The Morgan fingerprint density at radius 1 is 1.50 bits per heavy atom. The van der Waals surface area contributed by atoms with Crippen molar-refractivity contribution in [2.75, 3.05) is 6.61 Å². The molecule has 1 unspecified atom stereocenters. The van der Waals surface area contributed by atoms with Crippen molar-refractivity contribution in [2.24, 2.45) is 0 Å². The van der Waals surface area contributed by atoms with E-state index < -0.39 is 22.4 Å². The minimum Gasteiger partial charge on any atom is -0.465 e. The molecule has 5 heteroatoms. The maximum Gasteiger partial charge on any atom is 0.327 e. The van der Waals surface area contributed by atoms with E-state index in [2.05, 4.69) is 20.7 Å². The Bertz CT molecular complexity index is 406. The van der Waals surface area contributed by atoms with Gasteiger partial charge in [-0.05, 0) is 19.1 Å². The summed E-state index contributed by atoms with van der Waals surface area (Å²) in [6.45, 7) is 1.83. The molecule has 0 amide bonds. The molecular formula is C11H10BrFO3. The van der Waals surface area contributed by atoms with Gasteiger partial charge in [-0.25, -0.2) is 4.39 Å². The van der Waals surface area contributed by atoms with Crippen molar-refractivity contribution in [2.45, 2.75) is 11.8 Å². The van der Waals surface area contributed by atoms with E-state index in [0.29, 0.717) is 0 Å². The fourth-order valence-corrected chi connectivity index (χ4v) is 1.51. The number of carbonyl (C=O) groups is 2. The number of ether oxygens (including phenoxy) is 1. The van der Waals surface area contributed by atoms with Crippen molar-refractivity contribution in [3.05, 3.63) is 35.6 Å². The van der Waals surface area contributed by atoms with Gasteiger partial charge in [-0.1, -0.05) is 28.1 Å². The molecule has 1 aromatic carbocycles. The van der Waals surface area contributed by atoms with Crippen LogP contribution in [0.2, 0.25) is 0 Å². The molecule has 0 aliphatic heterocycles. The monoisotopic (exact) mass is 288 g/mol. The Kier molecular flexibility index (Phi) is 4.61. The lowest BCUT2D eigenvalue weighted by Crippen LogP contribution is -2.26. The molecule has 0 saturated heterocycles. The number of halogens is 2. The van der Waals surface area contributed by atoms with Crippen LogP contribution in [0.1, 0.15) is 17.3 Å². The van der Waals surface area contributed by atoms with Gasteiger partial charge in [-0.2, -0.15) is 0 Å². The highest BCUT2D eigenvalue weighted by Crippen LogP contribution is 2.13. The molecule has 0 heterocycles. The smallest absolute Gasteiger partial charge is 0.327 e. The first-order chi connectivity index (χ1) is 7.56. The fourth-order valence-electron chi connectivity index (χ4n) is 1.11. The average molecular weight is 289 g/mol. The largest absolute Gasteiger partial charge is 0.465 e. The van der Waals surface area contributed by atoms with E-state index in [1.807, 2.05) is 0 Å². The lowest BCUT2D eigenvalue weighted by atomic mass is 10.1. The van der Waals surface area contributed by atoms with Gasteiger partial charge in [0.15, 0.2) is 10.6 Å². The summed E-state index contributed by atoms with van der Waals surface area (Å²) in [6.07, 6.45) is 0. The van der Waals surface area contributed by atoms with Gasteiger partial charge in [-0.3, -0.25) is 9.59 Å². The molecule has 0 aliphatic carbocycles. The summed E-state index contributed by atoms with van der Waals surface area (Å²) in [4.78, 5) is 21.9. The molecule has 0 bridgehead atoms. The highest BCUT2D eigenvalue weighted by Gasteiger charge is 2.25. The van der Waals surface area contributed by atoms with E-state index in [0.717, 1.165) is 6.07 Å². The van der Waals surface area contributed by atoms with Gasteiger partial charge in [0, 0.05) is 5.56 Å². The number of rotatable bonds is 4. The van der Waals surface area contributed by atoms with Crippen molar-refractivity contribution < 1.29 is 18.7 Å². The van der Waals surface area contributed by atoms with Crippen LogP contribution in [0.15, 0.2) is 24.3 Å². The Morgan fingerprint density at radius 2 is 2.19 bits per heavy atom. The van der Waals surface area contributed by atoms with Crippen molar-refractivity contribution in [1.82, 2.24) is 0 Å². The maximum atomic E-state index is 12.9. The molecule has 3 nitrogen and oxygen atoms in total. The SMILES string of the molecule is CCOC(=O)C(Br)C(=O)c1cccc(F)c1. The Hall–Kier alpha value is -1.23. The number of Topliss-reactive ketones (excluding diaryl/α,β-unsaturated/α-hetero) is 1. The van der Waals surface area contributed by atoms with Gasteiger partial charge < -0.3 is 4.74 Å². The predicted molar refractivity (Wildman–Crippen MR) is 60.1 cm³/mol. The summed E-state index contributed by atoms with van der Waals surface area (Å²) in [6, 6.07) is 5.16. The summed E-state index contributed by atoms with van der Waals surface area (Å²) >= 11 is 2.92. The van der Waals surface area contributed by atoms with Gasteiger partial charge in [-0.15, -0.1) is 0 Å². The summed E-state index contributed by atoms with van der Waals surface area (Å²) in [5.41, 5.74) is 0.134. The highest BCUT2D eigenvalue weighted by atomic mass is 79.9. The van der Waals surface area contributed by atoms with Crippen LogP contribution < -0.4 is 0 Å². The lowest BCUT2D eigenvalue weighted by Gasteiger charge is -2.07. The standard InChI is InChI=1S/C11H10BrFO3/c1-2-16-11(15)9(12)10(14)7-4-3-5-8(13)6-7/h3-6,9H,2H2,1H3. The number of carbonyl (C=O) groups excluding carboxylic acids is 2. The summed E-state index contributed by atoms with van der Waals surface area (Å²) < 4.78 is 17.5. The zero-order valence-electron chi connectivity index (χ0n) is 8.57. The third-order valence-electron chi connectivity index (χ3n) is 1.83. The number of ketones is 1. The number of esters is 1. The third kappa shape index (κ3) is 3.13. The third-order valence-corrected chi connectivity index (χ3v) is 2.62. The molecule has 1 atom stereocenters. The number of benzene rings is 1. The predicted octanol–water partition coefficient (Wildman–Crippen LogP) is 2.33. The first kappa shape index (κ1) is 12.8. The van der Waals surface area contributed by atoms with Gasteiger partial charge in [0.2, 0.25) is 0 Å².